The molecule has 3 aromatic rings. The quantitative estimate of drug-likeness (QED) is 0.704. The number of amides is 1. The van der Waals surface area contributed by atoms with Gasteiger partial charge in [0.15, 0.2) is 0 Å². The normalized spacial score (nSPS) is 10.3. The average Bonchev–Trinajstić information content (AvgIpc) is 3.04. The van der Waals surface area contributed by atoms with Gasteiger partial charge in [0.05, 0.1) is 18.3 Å². The molecule has 2 aromatic heterocycles. The fourth-order valence-electron chi connectivity index (χ4n) is 2.00. The minimum atomic E-state index is -0.0485. The third-order valence-corrected chi connectivity index (χ3v) is 4.21. The van der Waals surface area contributed by atoms with E-state index in [1.807, 2.05) is 53.9 Å². The highest BCUT2D eigenvalue weighted by Gasteiger charge is 2.05. The molecule has 1 amide bonds. The summed E-state index contributed by atoms with van der Waals surface area (Å²) >= 11 is 7.42. The van der Waals surface area contributed by atoms with Gasteiger partial charge < -0.3 is 10.6 Å². The topological polar surface area (TPSA) is 54.0 Å². The van der Waals surface area contributed by atoms with Crippen molar-refractivity contribution in [3.8, 4) is 0 Å². The number of hydrogen-bond donors (Lipinski definition) is 2. The highest BCUT2D eigenvalue weighted by atomic mass is 35.5. The molecule has 0 radical (unpaired) electrons. The highest BCUT2D eigenvalue weighted by Crippen LogP contribution is 2.19. The Balaban J connectivity index is 1.58. The van der Waals surface area contributed by atoms with E-state index in [1.165, 1.54) is 0 Å². The van der Waals surface area contributed by atoms with Crippen molar-refractivity contribution >= 4 is 46.0 Å². The zero-order valence-electron chi connectivity index (χ0n) is 12.1. The number of carbonyl (C=O) groups excluding carboxylic acids is 1. The van der Waals surface area contributed by atoms with Gasteiger partial charge in [-0.2, -0.15) is 0 Å². The first-order chi connectivity index (χ1) is 11.2. The number of carbonyl (C=O) groups is 1. The van der Waals surface area contributed by atoms with Crippen molar-refractivity contribution in [1.82, 2.24) is 4.98 Å². The molecule has 1 aromatic carbocycles. The van der Waals surface area contributed by atoms with Crippen LogP contribution in [0.5, 0.6) is 0 Å². The van der Waals surface area contributed by atoms with Gasteiger partial charge in [-0.25, -0.2) is 4.98 Å². The molecule has 0 unspecified atom stereocenters. The minimum absolute atomic E-state index is 0.0485. The Kier molecular flexibility index (Phi) is 4.90. The number of benzene rings is 1. The number of halogens is 1. The van der Waals surface area contributed by atoms with Crippen LogP contribution >= 0.6 is 22.9 Å². The van der Waals surface area contributed by atoms with Gasteiger partial charge in [0.25, 0.3) is 0 Å². The maximum absolute atomic E-state index is 11.9. The molecule has 6 heteroatoms. The van der Waals surface area contributed by atoms with Crippen LogP contribution < -0.4 is 10.6 Å². The predicted molar refractivity (Wildman–Crippen MR) is 95.6 cm³/mol. The van der Waals surface area contributed by atoms with Gasteiger partial charge in [-0.3, -0.25) is 4.79 Å². The van der Waals surface area contributed by atoms with Crippen molar-refractivity contribution in [2.45, 2.75) is 6.42 Å². The first-order valence-corrected chi connectivity index (χ1v) is 8.26. The van der Waals surface area contributed by atoms with Gasteiger partial charge in [-0.15, -0.1) is 11.3 Å². The van der Waals surface area contributed by atoms with E-state index in [1.54, 1.807) is 17.5 Å². The molecular formula is C17H14ClN3OS. The molecule has 0 bridgehead atoms. The van der Waals surface area contributed by atoms with Gasteiger partial charge in [0, 0.05) is 15.6 Å². The summed E-state index contributed by atoms with van der Waals surface area (Å²) in [6.07, 6.45) is 2.01. The summed E-state index contributed by atoms with van der Waals surface area (Å²) in [6.45, 7) is 0. The lowest BCUT2D eigenvalue weighted by Gasteiger charge is -2.07. The Labute approximate surface area is 143 Å². The first-order valence-electron chi connectivity index (χ1n) is 7.00. The number of anilines is 3. The summed E-state index contributed by atoms with van der Waals surface area (Å²) in [6, 6.07) is 14.9. The van der Waals surface area contributed by atoms with Crippen LogP contribution in [0.15, 0.2) is 60.1 Å². The molecule has 3 rings (SSSR count). The Morgan fingerprint density at radius 3 is 2.52 bits per heavy atom. The number of rotatable bonds is 5. The smallest absolute Gasteiger partial charge is 0.229 e. The maximum atomic E-state index is 11.9. The summed E-state index contributed by atoms with van der Waals surface area (Å²) in [5.74, 6) is 0.649. The molecule has 0 spiro atoms. The predicted octanol–water partition coefficient (Wildman–Crippen LogP) is 4.72. The van der Waals surface area contributed by atoms with Crippen molar-refractivity contribution in [1.29, 1.82) is 0 Å². The standard InChI is InChI=1S/C17H14ClN3OS/c18-12-3-5-13(6-4-12)20-16-8-7-14(11-19-16)21-17(22)10-15-2-1-9-23-15/h1-9,11H,10H2,(H,19,20)(H,21,22). The van der Waals surface area contributed by atoms with Gasteiger partial charge >= 0.3 is 0 Å². The molecule has 0 saturated carbocycles. The Morgan fingerprint density at radius 2 is 1.87 bits per heavy atom. The van der Waals surface area contributed by atoms with Crippen LogP contribution in [-0.2, 0) is 11.2 Å². The van der Waals surface area contributed by atoms with E-state index in [0.29, 0.717) is 22.9 Å². The minimum Gasteiger partial charge on any atom is -0.340 e. The number of nitrogens with one attached hydrogen (secondary N) is 2. The highest BCUT2D eigenvalue weighted by molar-refractivity contribution is 7.10. The fraction of sp³-hybridized carbons (Fsp3) is 0.0588. The molecule has 116 valence electrons. The molecule has 2 heterocycles. The zero-order chi connectivity index (χ0) is 16.1. The number of nitrogens with zero attached hydrogens (tertiary/aromatic N) is 1. The van der Waals surface area contributed by atoms with Crippen molar-refractivity contribution < 1.29 is 4.79 Å². The van der Waals surface area contributed by atoms with E-state index >= 15 is 0 Å². The van der Waals surface area contributed by atoms with Crippen molar-refractivity contribution in [2.75, 3.05) is 10.6 Å². The summed E-state index contributed by atoms with van der Waals surface area (Å²) in [4.78, 5) is 17.3. The van der Waals surface area contributed by atoms with Crippen molar-refractivity contribution in [2.24, 2.45) is 0 Å². The molecule has 23 heavy (non-hydrogen) atoms. The number of pyridine rings is 1. The molecule has 0 atom stereocenters. The maximum Gasteiger partial charge on any atom is 0.229 e. The molecule has 0 aliphatic carbocycles. The Hall–Kier alpha value is -2.37. The zero-order valence-corrected chi connectivity index (χ0v) is 13.7. The molecule has 0 aliphatic rings. The van der Waals surface area contributed by atoms with Gasteiger partial charge in [-0.1, -0.05) is 17.7 Å². The second kappa shape index (κ2) is 7.26. The van der Waals surface area contributed by atoms with E-state index in [4.69, 9.17) is 11.6 Å². The van der Waals surface area contributed by atoms with E-state index < -0.39 is 0 Å². The van der Waals surface area contributed by atoms with E-state index in [2.05, 4.69) is 15.6 Å². The lowest BCUT2D eigenvalue weighted by molar-refractivity contribution is -0.115. The summed E-state index contributed by atoms with van der Waals surface area (Å²) < 4.78 is 0. The second-order valence-corrected chi connectivity index (χ2v) is 6.34. The lowest BCUT2D eigenvalue weighted by Crippen LogP contribution is -2.13. The van der Waals surface area contributed by atoms with Crippen molar-refractivity contribution in [3.63, 3.8) is 0 Å². The number of hydrogen-bond acceptors (Lipinski definition) is 4. The number of thiophene rings is 1. The monoisotopic (exact) mass is 343 g/mol. The SMILES string of the molecule is O=C(Cc1cccs1)Nc1ccc(Nc2ccc(Cl)cc2)nc1. The van der Waals surface area contributed by atoms with E-state index in [9.17, 15) is 4.79 Å². The number of aromatic nitrogens is 1. The molecule has 0 aliphatic heterocycles. The average molecular weight is 344 g/mol. The van der Waals surface area contributed by atoms with Crippen LogP contribution in [0.1, 0.15) is 4.88 Å². The fourth-order valence-corrected chi connectivity index (χ4v) is 2.83. The van der Waals surface area contributed by atoms with Crippen LogP contribution in [-0.4, -0.2) is 10.9 Å². The van der Waals surface area contributed by atoms with Crippen LogP contribution in [0.3, 0.4) is 0 Å². The third-order valence-electron chi connectivity index (χ3n) is 3.08. The Morgan fingerprint density at radius 1 is 1.09 bits per heavy atom. The van der Waals surface area contributed by atoms with E-state index in [0.717, 1.165) is 10.6 Å². The van der Waals surface area contributed by atoms with Gasteiger partial charge in [0.2, 0.25) is 5.91 Å². The molecule has 0 fully saturated rings. The second-order valence-electron chi connectivity index (χ2n) is 4.87. The summed E-state index contributed by atoms with van der Waals surface area (Å²) in [7, 11) is 0. The Bertz CT molecular complexity index is 771. The summed E-state index contributed by atoms with van der Waals surface area (Å²) in [5.41, 5.74) is 1.57. The van der Waals surface area contributed by atoms with Gasteiger partial charge in [-0.05, 0) is 47.8 Å². The molecular weight excluding hydrogens is 330 g/mol. The van der Waals surface area contributed by atoms with Crippen LogP contribution in [0.4, 0.5) is 17.2 Å². The molecule has 2 N–H and O–H groups in total. The van der Waals surface area contributed by atoms with Crippen LogP contribution in [0.25, 0.3) is 0 Å². The summed E-state index contributed by atoms with van der Waals surface area (Å²) in [5, 5.41) is 8.65. The molecule has 4 nitrogen and oxygen atoms in total. The largest absolute Gasteiger partial charge is 0.340 e. The first kappa shape index (κ1) is 15.5. The van der Waals surface area contributed by atoms with Crippen molar-refractivity contribution in [3.05, 3.63) is 70.0 Å². The van der Waals surface area contributed by atoms with Crippen LogP contribution in [0, 0.1) is 0 Å². The van der Waals surface area contributed by atoms with Gasteiger partial charge in [0.1, 0.15) is 5.82 Å². The lowest BCUT2D eigenvalue weighted by atomic mass is 10.3. The third kappa shape index (κ3) is 4.55. The van der Waals surface area contributed by atoms with Crippen LogP contribution in [0.2, 0.25) is 5.02 Å². The molecule has 0 saturated heterocycles. The van der Waals surface area contributed by atoms with E-state index in [-0.39, 0.29) is 5.91 Å².